The lowest BCUT2D eigenvalue weighted by atomic mass is 10.1. The molecule has 1 aromatic carbocycles. The summed E-state index contributed by atoms with van der Waals surface area (Å²) in [6.45, 7) is 2.89. The van der Waals surface area contributed by atoms with Crippen LogP contribution in [0, 0.1) is 0 Å². The molecular formula is C24H40O4S. The number of hydrogen-bond acceptors (Lipinski definition) is 3. The average molecular weight is 425 g/mol. The lowest BCUT2D eigenvalue weighted by Gasteiger charge is -2.06. The van der Waals surface area contributed by atoms with Crippen molar-refractivity contribution in [3.63, 3.8) is 0 Å². The third kappa shape index (κ3) is 14.3. The van der Waals surface area contributed by atoms with Crippen LogP contribution in [0.25, 0.3) is 0 Å². The molecule has 0 aliphatic rings. The van der Waals surface area contributed by atoms with Gasteiger partial charge in [-0.3, -0.25) is 4.55 Å². The zero-order valence-corrected chi connectivity index (χ0v) is 19.0. The highest BCUT2D eigenvalue weighted by Gasteiger charge is 2.08. The predicted molar refractivity (Wildman–Crippen MR) is 121 cm³/mol. The highest BCUT2D eigenvalue weighted by Crippen LogP contribution is 2.16. The molecule has 5 heteroatoms. The van der Waals surface area contributed by atoms with Crippen molar-refractivity contribution in [1.29, 1.82) is 0 Å². The summed E-state index contributed by atoms with van der Waals surface area (Å²) in [5, 5.41) is 0. The molecule has 0 heterocycles. The molecule has 1 aromatic rings. The Hall–Kier alpha value is -1.33. The maximum absolute atomic E-state index is 11.0. The van der Waals surface area contributed by atoms with Gasteiger partial charge in [0.2, 0.25) is 0 Å². The summed E-state index contributed by atoms with van der Waals surface area (Å²) in [5.41, 5.74) is 0. The molecule has 0 bridgehead atoms. The van der Waals surface area contributed by atoms with Crippen molar-refractivity contribution >= 4 is 10.1 Å². The van der Waals surface area contributed by atoms with Crippen LogP contribution in [0.2, 0.25) is 0 Å². The van der Waals surface area contributed by atoms with Gasteiger partial charge in [-0.15, -0.1) is 0 Å². The first-order valence-electron chi connectivity index (χ1n) is 11.4. The highest BCUT2D eigenvalue weighted by atomic mass is 32.2. The maximum Gasteiger partial charge on any atom is 0.294 e. The second-order valence-corrected chi connectivity index (χ2v) is 9.15. The Bertz CT molecular complexity index is 635. The molecule has 0 saturated carbocycles. The minimum Gasteiger partial charge on any atom is -0.494 e. The van der Waals surface area contributed by atoms with Crippen molar-refractivity contribution in [2.24, 2.45) is 0 Å². The first kappa shape index (κ1) is 25.7. The van der Waals surface area contributed by atoms with Crippen LogP contribution < -0.4 is 4.74 Å². The summed E-state index contributed by atoms with van der Waals surface area (Å²) in [6, 6.07) is 5.85. The first-order valence-corrected chi connectivity index (χ1v) is 12.8. The summed E-state index contributed by atoms with van der Waals surface area (Å²) in [5.74, 6) is 0.630. The van der Waals surface area contributed by atoms with Crippen LogP contribution >= 0.6 is 0 Å². The molecule has 1 rings (SSSR count). The molecule has 0 saturated heterocycles. The first-order chi connectivity index (χ1) is 14.0. The Morgan fingerprint density at radius 3 is 1.76 bits per heavy atom. The Balaban J connectivity index is 1.88. The van der Waals surface area contributed by atoms with Crippen LogP contribution in [0.3, 0.4) is 0 Å². The minimum atomic E-state index is -4.13. The summed E-state index contributed by atoms with van der Waals surface area (Å²) in [4.78, 5) is -0.109. The van der Waals surface area contributed by atoms with Gasteiger partial charge in [-0.1, -0.05) is 76.9 Å². The number of ether oxygens (including phenoxy) is 1. The van der Waals surface area contributed by atoms with Crippen LogP contribution in [0.15, 0.2) is 41.3 Å². The topological polar surface area (TPSA) is 63.6 Å². The summed E-state index contributed by atoms with van der Waals surface area (Å²) < 4.78 is 36.5. The molecule has 166 valence electrons. The zero-order chi connectivity index (χ0) is 21.2. The fourth-order valence-corrected chi connectivity index (χ4v) is 3.73. The van der Waals surface area contributed by atoms with E-state index in [9.17, 15) is 8.42 Å². The SMILES string of the molecule is CCCCCCCC/C=C\CCCCCCCCOc1ccc(S(=O)(=O)O)cc1. The Kier molecular flexibility index (Phi) is 14.6. The summed E-state index contributed by atoms with van der Waals surface area (Å²) in [6.07, 6.45) is 22.6. The van der Waals surface area contributed by atoms with Crippen molar-refractivity contribution in [3.05, 3.63) is 36.4 Å². The predicted octanol–water partition coefficient (Wildman–Crippen LogP) is 7.35. The molecule has 1 N–H and O–H groups in total. The van der Waals surface area contributed by atoms with Crippen molar-refractivity contribution in [2.75, 3.05) is 6.61 Å². The monoisotopic (exact) mass is 424 g/mol. The molecule has 0 aliphatic heterocycles. The maximum atomic E-state index is 11.0. The van der Waals surface area contributed by atoms with E-state index in [1.807, 2.05) is 0 Å². The van der Waals surface area contributed by atoms with Gasteiger partial charge < -0.3 is 4.74 Å². The summed E-state index contributed by atoms with van der Waals surface area (Å²) in [7, 11) is -4.13. The highest BCUT2D eigenvalue weighted by molar-refractivity contribution is 7.85. The molecule has 0 aliphatic carbocycles. The van der Waals surface area contributed by atoms with E-state index in [0.717, 1.165) is 12.8 Å². The lowest BCUT2D eigenvalue weighted by molar-refractivity contribution is 0.304. The number of benzene rings is 1. The van der Waals surface area contributed by atoms with Crippen LogP contribution in [0.1, 0.15) is 96.8 Å². The van der Waals surface area contributed by atoms with Gasteiger partial charge in [0, 0.05) is 0 Å². The van der Waals surface area contributed by atoms with E-state index in [0.29, 0.717) is 12.4 Å². The van der Waals surface area contributed by atoms with E-state index in [1.54, 1.807) is 12.1 Å². The second kappa shape index (κ2) is 16.5. The Labute approximate surface area is 178 Å². The Morgan fingerprint density at radius 2 is 1.24 bits per heavy atom. The molecule has 29 heavy (non-hydrogen) atoms. The molecule has 0 spiro atoms. The van der Waals surface area contributed by atoms with Gasteiger partial charge >= 0.3 is 0 Å². The number of unbranched alkanes of at least 4 members (excludes halogenated alkanes) is 12. The average Bonchev–Trinajstić information content (AvgIpc) is 2.70. The largest absolute Gasteiger partial charge is 0.494 e. The van der Waals surface area contributed by atoms with Gasteiger partial charge in [0.15, 0.2) is 0 Å². The lowest BCUT2D eigenvalue weighted by Crippen LogP contribution is -2.00. The zero-order valence-electron chi connectivity index (χ0n) is 18.2. The minimum absolute atomic E-state index is 0.109. The third-order valence-electron chi connectivity index (χ3n) is 5.05. The van der Waals surface area contributed by atoms with Gasteiger partial charge in [0.25, 0.3) is 10.1 Å². The van der Waals surface area contributed by atoms with Crippen molar-refractivity contribution in [1.82, 2.24) is 0 Å². The molecule has 4 nitrogen and oxygen atoms in total. The van der Waals surface area contributed by atoms with E-state index in [1.165, 1.54) is 89.2 Å². The molecule has 0 atom stereocenters. The number of rotatable bonds is 18. The molecule has 0 fully saturated rings. The van der Waals surface area contributed by atoms with Crippen LogP contribution in [-0.2, 0) is 10.1 Å². The van der Waals surface area contributed by atoms with Gasteiger partial charge in [-0.25, -0.2) is 0 Å². The summed E-state index contributed by atoms with van der Waals surface area (Å²) >= 11 is 0. The standard InChI is InChI=1S/C24H40O4S/c1-2-3-4-5-6-7-8-9-10-11-12-13-14-15-16-17-22-28-23-18-20-24(21-19-23)29(25,26)27/h9-10,18-21H,2-8,11-17,22H2,1H3,(H,25,26,27)/b10-9-. The Morgan fingerprint density at radius 1 is 0.759 bits per heavy atom. The van der Waals surface area contributed by atoms with E-state index >= 15 is 0 Å². The van der Waals surface area contributed by atoms with Gasteiger partial charge in [-0.2, -0.15) is 8.42 Å². The fourth-order valence-electron chi connectivity index (χ4n) is 3.25. The van der Waals surface area contributed by atoms with Crippen LogP contribution in [0.4, 0.5) is 0 Å². The molecule has 0 unspecified atom stereocenters. The van der Waals surface area contributed by atoms with Gasteiger partial charge in [-0.05, 0) is 56.4 Å². The van der Waals surface area contributed by atoms with E-state index < -0.39 is 10.1 Å². The molecule has 0 radical (unpaired) electrons. The van der Waals surface area contributed by atoms with Crippen molar-refractivity contribution in [3.8, 4) is 5.75 Å². The number of hydrogen-bond donors (Lipinski definition) is 1. The quantitative estimate of drug-likeness (QED) is 0.152. The van der Waals surface area contributed by atoms with Crippen molar-refractivity contribution in [2.45, 2.75) is 102 Å². The molecule has 0 amide bonds. The number of allylic oxidation sites excluding steroid dienone is 2. The van der Waals surface area contributed by atoms with Crippen LogP contribution in [0.5, 0.6) is 5.75 Å². The normalized spacial score (nSPS) is 11.9. The van der Waals surface area contributed by atoms with E-state index in [4.69, 9.17) is 9.29 Å². The molecular weight excluding hydrogens is 384 g/mol. The fraction of sp³-hybridized carbons (Fsp3) is 0.667. The van der Waals surface area contributed by atoms with Gasteiger partial charge in [0.1, 0.15) is 5.75 Å². The smallest absolute Gasteiger partial charge is 0.294 e. The van der Waals surface area contributed by atoms with Crippen LogP contribution in [-0.4, -0.2) is 19.6 Å². The van der Waals surface area contributed by atoms with Gasteiger partial charge in [0.05, 0.1) is 11.5 Å². The van der Waals surface area contributed by atoms with Crippen molar-refractivity contribution < 1.29 is 17.7 Å². The third-order valence-corrected chi connectivity index (χ3v) is 5.91. The second-order valence-electron chi connectivity index (χ2n) is 7.73. The molecule has 0 aromatic heterocycles. The van der Waals surface area contributed by atoms with E-state index in [2.05, 4.69) is 19.1 Å². The van der Waals surface area contributed by atoms with E-state index in [-0.39, 0.29) is 4.90 Å².